The van der Waals surface area contributed by atoms with Crippen LogP contribution >= 0.6 is 0 Å². The van der Waals surface area contributed by atoms with Gasteiger partial charge in [-0.2, -0.15) is 8.42 Å². The number of carbonyl (C=O) groups is 1. The molecule has 0 spiro atoms. The van der Waals surface area contributed by atoms with Crippen LogP contribution in [-0.4, -0.2) is 41.6 Å². The van der Waals surface area contributed by atoms with Crippen LogP contribution in [0.1, 0.15) is 6.42 Å². The number of carbonyl (C=O) groups excluding carboxylic acids is 1. The van der Waals surface area contributed by atoms with E-state index in [1.165, 1.54) is 11.2 Å². The highest BCUT2D eigenvalue weighted by Gasteiger charge is 2.35. The predicted molar refractivity (Wildman–Crippen MR) is 69.2 cm³/mol. The van der Waals surface area contributed by atoms with Crippen LogP contribution in [0.5, 0.6) is 0 Å². The van der Waals surface area contributed by atoms with Crippen molar-refractivity contribution in [2.75, 3.05) is 17.2 Å². The lowest BCUT2D eigenvalue weighted by atomic mass is 10.1. The van der Waals surface area contributed by atoms with Crippen molar-refractivity contribution in [3.63, 3.8) is 0 Å². The zero-order chi connectivity index (χ0) is 14.3. The van der Waals surface area contributed by atoms with E-state index >= 15 is 0 Å². The maximum absolute atomic E-state index is 12.7. The number of aromatic nitrogens is 3. The first-order valence-corrected chi connectivity index (χ1v) is 7.50. The van der Waals surface area contributed by atoms with E-state index in [4.69, 9.17) is 0 Å². The molecule has 106 valence electrons. The van der Waals surface area contributed by atoms with Crippen LogP contribution in [0.2, 0.25) is 0 Å². The van der Waals surface area contributed by atoms with Crippen molar-refractivity contribution in [2.45, 2.75) is 6.42 Å². The molecule has 0 aromatic carbocycles. The maximum atomic E-state index is 12.7. The molecule has 2 aromatic rings. The molecule has 1 aliphatic rings. The van der Waals surface area contributed by atoms with E-state index in [0.717, 1.165) is 0 Å². The Bertz CT molecular complexity index is 773. The number of nitrogens with zero attached hydrogens (tertiary/aromatic N) is 3. The Labute approximate surface area is 114 Å². The second kappa shape index (κ2) is 4.51. The molecule has 0 radical (unpaired) electrons. The molecule has 1 N–H and O–H groups in total. The minimum absolute atomic E-state index is 0.000924. The van der Waals surface area contributed by atoms with Gasteiger partial charge in [0.1, 0.15) is 17.8 Å². The van der Waals surface area contributed by atoms with Crippen molar-refractivity contribution in [3.8, 4) is 0 Å². The maximum Gasteiger partial charge on any atom is 0.302 e. The quantitative estimate of drug-likeness (QED) is 0.838. The molecule has 1 fully saturated rings. The molecule has 0 saturated carbocycles. The van der Waals surface area contributed by atoms with Gasteiger partial charge in [0.15, 0.2) is 0 Å². The first kappa shape index (κ1) is 13.0. The lowest BCUT2D eigenvalue weighted by Crippen LogP contribution is -2.26. The molecule has 7 nitrogen and oxygen atoms in total. The van der Waals surface area contributed by atoms with Gasteiger partial charge in [-0.25, -0.2) is 9.97 Å². The SMILES string of the molecule is O=C1CC(CS(=O)(=O)F)CN1c1ncnc2[nH]ccc12. The van der Waals surface area contributed by atoms with E-state index in [1.807, 2.05) is 0 Å². The topological polar surface area (TPSA) is 96.0 Å². The number of hydrogen-bond donors (Lipinski definition) is 1. The Morgan fingerprint density at radius 3 is 3.00 bits per heavy atom. The molecule has 9 heteroatoms. The molecule has 1 aliphatic heterocycles. The van der Waals surface area contributed by atoms with E-state index in [2.05, 4.69) is 15.0 Å². The van der Waals surface area contributed by atoms with Crippen molar-refractivity contribution < 1.29 is 17.1 Å². The Morgan fingerprint density at radius 1 is 1.45 bits per heavy atom. The summed E-state index contributed by atoms with van der Waals surface area (Å²) in [5.41, 5.74) is 0.587. The first-order chi connectivity index (χ1) is 9.44. The molecule has 2 aromatic heterocycles. The van der Waals surface area contributed by atoms with Gasteiger partial charge in [-0.3, -0.25) is 9.69 Å². The zero-order valence-electron chi connectivity index (χ0n) is 10.3. The molecule has 0 bridgehead atoms. The molecule has 3 rings (SSSR count). The van der Waals surface area contributed by atoms with Crippen LogP contribution in [0.3, 0.4) is 0 Å². The largest absolute Gasteiger partial charge is 0.346 e. The summed E-state index contributed by atoms with van der Waals surface area (Å²) >= 11 is 0. The third-order valence-corrected chi connectivity index (χ3v) is 4.10. The summed E-state index contributed by atoms with van der Waals surface area (Å²) in [7, 11) is -4.59. The Balaban J connectivity index is 1.91. The summed E-state index contributed by atoms with van der Waals surface area (Å²) < 4.78 is 34.1. The van der Waals surface area contributed by atoms with Crippen LogP contribution in [-0.2, 0) is 15.0 Å². The highest BCUT2D eigenvalue weighted by molar-refractivity contribution is 7.86. The van der Waals surface area contributed by atoms with Crippen LogP contribution in [0.25, 0.3) is 11.0 Å². The fraction of sp³-hybridized carbons (Fsp3) is 0.364. The highest BCUT2D eigenvalue weighted by Crippen LogP contribution is 2.29. The van der Waals surface area contributed by atoms with E-state index < -0.39 is 21.9 Å². The van der Waals surface area contributed by atoms with E-state index in [1.54, 1.807) is 12.3 Å². The number of fused-ring (bicyclic) bond motifs is 1. The molecule has 3 heterocycles. The molecule has 1 saturated heterocycles. The lowest BCUT2D eigenvalue weighted by molar-refractivity contribution is -0.117. The smallest absolute Gasteiger partial charge is 0.302 e. The molecule has 1 amide bonds. The van der Waals surface area contributed by atoms with Crippen molar-refractivity contribution in [2.24, 2.45) is 5.92 Å². The number of H-pyrrole nitrogens is 1. The van der Waals surface area contributed by atoms with E-state index in [-0.39, 0.29) is 18.9 Å². The summed E-state index contributed by atoms with van der Waals surface area (Å²) in [6.07, 6.45) is 2.99. The van der Waals surface area contributed by atoms with Gasteiger partial charge in [-0.05, 0) is 6.07 Å². The average molecular weight is 298 g/mol. The minimum Gasteiger partial charge on any atom is -0.346 e. The second-order valence-corrected chi connectivity index (χ2v) is 6.13. The van der Waals surface area contributed by atoms with Crippen molar-refractivity contribution >= 4 is 33.0 Å². The van der Waals surface area contributed by atoms with Gasteiger partial charge < -0.3 is 4.98 Å². The Hall–Kier alpha value is -2.03. The monoisotopic (exact) mass is 298 g/mol. The lowest BCUT2D eigenvalue weighted by Gasteiger charge is -2.15. The number of amides is 1. The Kier molecular flexibility index (Phi) is 2.93. The highest BCUT2D eigenvalue weighted by atomic mass is 32.3. The number of anilines is 1. The van der Waals surface area contributed by atoms with Crippen LogP contribution in [0, 0.1) is 5.92 Å². The normalized spacial score (nSPS) is 19.9. The average Bonchev–Trinajstić information content (AvgIpc) is 2.93. The van der Waals surface area contributed by atoms with Gasteiger partial charge in [0.2, 0.25) is 5.91 Å². The van der Waals surface area contributed by atoms with Gasteiger partial charge >= 0.3 is 10.2 Å². The summed E-state index contributed by atoms with van der Waals surface area (Å²) in [5, 5.41) is 0.671. The summed E-state index contributed by atoms with van der Waals surface area (Å²) in [6, 6.07) is 1.73. The van der Waals surface area contributed by atoms with Crippen LogP contribution in [0.15, 0.2) is 18.6 Å². The van der Waals surface area contributed by atoms with Gasteiger partial charge in [0.05, 0.1) is 11.1 Å². The Morgan fingerprint density at radius 2 is 2.25 bits per heavy atom. The van der Waals surface area contributed by atoms with E-state index in [9.17, 15) is 17.1 Å². The van der Waals surface area contributed by atoms with Gasteiger partial charge in [0, 0.05) is 25.1 Å². The summed E-state index contributed by atoms with van der Waals surface area (Å²) in [6.45, 7) is 0.138. The summed E-state index contributed by atoms with van der Waals surface area (Å²) in [4.78, 5) is 24.3. The third-order valence-electron chi connectivity index (χ3n) is 3.23. The standard InChI is InChI=1S/C11H11FN4O3S/c12-20(18,19)5-7-3-9(17)16(4-7)11-8-1-2-13-10(8)14-6-15-11/h1-2,6-7H,3-5H2,(H,13,14,15). The molecule has 20 heavy (non-hydrogen) atoms. The van der Waals surface area contributed by atoms with E-state index in [0.29, 0.717) is 16.9 Å². The molecule has 0 aliphatic carbocycles. The molecular formula is C11H11FN4O3S. The number of hydrogen-bond acceptors (Lipinski definition) is 5. The van der Waals surface area contributed by atoms with Crippen LogP contribution < -0.4 is 4.90 Å². The number of rotatable bonds is 3. The fourth-order valence-corrected chi connectivity index (χ4v) is 3.24. The fourth-order valence-electron chi connectivity index (χ4n) is 2.45. The minimum atomic E-state index is -4.59. The summed E-state index contributed by atoms with van der Waals surface area (Å²) in [5.74, 6) is -1.04. The zero-order valence-corrected chi connectivity index (χ0v) is 11.1. The van der Waals surface area contributed by atoms with Crippen molar-refractivity contribution in [1.82, 2.24) is 15.0 Å². The molecule has 1 unspecified atom stereocenters. The predicted octanol–water partition coefficient (Wildman–Crippen LogP) is 0.610. The van der Waals surface area contributed by atoms with Crippen LogP contribution in [0.4, 0.5) is 9.70 Å². The van der Waals surface area contributed by atoms with Gasteiger partial charge in [0.25, 0.3) is 0 Å². The first-order valence-electron chi connectivity index (χ1n) is 5.95. The number of nitrogens with one attached hydrogen (secondary N) is 1. The van der Waals surface area contributed by atoms with Gasteiger partial charge in [-0.1, -0.05) is 0 Å². The number of halogens is 1. The molecular weight excluding hydrogens is 287 g/mol. The van der Waals surface area contributed by atoms with Gasteiger partial charge in [-0.15, -0.1) is 3.89 Å². The molecule has 1 atom stereocenters. The third kappa shape index (κ3) is 2.36. The van der Waals surface area contributed by atoms with Crippen molar-refractivity contribution in [3.05, 3.63) is 18.6 Å². The van der Waals surface area contributed by atoms with Crippen molar-refractivity contribution in [1.29, 1.82) is 0 Å². The second-order valence-electron chi connectivity index (χ2n) is 4.72. The number of aromatic amines is 1.